The highest BCUT2D eigenvalue weighted by atomic mass is 16.1. The molecule has 0 saturated carbocycles. The fraction of sp³-hybridized carbons (Fsp3) is 0.0476. The van der Waals surface area contributed by atoms with Gasteiger partial charge in [-0.1, -0.05) is 54.6 Å². The lowest BCUT2D eigenvalue weighted by Gasteiger charge is -2.08. The molecule has 3 aromatic rings. The zero-order valence-electron chi connectivity index (χ0n) is 13.0. The molecule has 4 rings (SSSR count). The largest absolute Gasteiger partial charge is 0.326 e. The summed E-state index contributed by atoms with van der Waals surface area (Å²) in [7, 11) is 0. The number of amides is 1. The minimum atomic E-state index is -0.0706. The summed E-state index contributed by atoms with van der Waals surface area (Å²) in [6.07, 6.45) is 0.327. The molecule has 1 amide bonds. The lowest BCUT2D eigenvalue weighted by Crippen LogP contribution is -2.14. The minimum Gasteiger partial charge on any atom is -0.326 e. The minimum absolute atomic E-state index is 0.0442. The molecule has 0 atom stereocenters. The molecule has 0 saturated heterocycles. The average Bonchev–Trinajstić information content (AvgIpc) is 2.89. The number of benzene rings is 3. The van der Waals surface area contributed by atoms with E-state index in [-0.39, 0.29) is 11.7 Å². The average molecular weight is 313 g/mol. The van der Waals surface area contributed by atoms with Crippen LogP contribution in [0.1, 0.15) is 21.5 Å². The molecule has 1 N–H and O–H groups in total. The number of hydrogen-bond acceptors (Lipinski definition) is 2. The maximum atomic E-state index is 12.4. The number of nitrogens with one attached hydrogen (secondary N) is 1. The predicted octanol–water partition coefficient (Wildman–Crippen LogP) is 4.08. The Bertz CT molecular complexity index is 945. The van der Waals surface area contributed by atoms with Crippen LogP contribution in [0.4, 0.5) is 5.69 Å². The van der Waals surface area contributed by atoms with Gasteiger partial charge in [-0.15, -0.1) is 0 Å². The number of anilines is 1. The van der Waals surface area contributed by atoms with Crippen molar-refractivity contribution in [3.8, 4) is 11.1 Å². The third-order valence-corrected chi connectivity index (χ3v) is 4.22. The Morgan fingerprint density at radius 2 is 1.42 bits per heavy atom. The first-order valence-corrected chi connectivity index (χ1v) is 7.84. The summed E-state index contributed by atoms with van der Waals surface area (Å²) >= 11 is 0. The van der Waals surface area contributed by atoms with E-state index >= 15 is 0 Å². The predicted molar refractivity (Wildman–Crippen MR) is 94.1 cm³/mol. The molecule has 0 heterocycles. The molecule has 3 nitrogen and oxygen atoms in total. The van der Waals surface area contributed by atoms with Gasteiger partial charge < -0.3 is 5.32 Å². The molecule has 0 spiro atoms. The van der Waals surface area contributed by atoms with Crippen molar-refractivity contribution in [3.63, 3.8) is 0 Å². The zero-order valence-corrected chi connectivity index (χ0v) is 13.0. The Labute approximate surface area is 140 Å². The quantitative estimate of drug-likeness (QED) is 0.619. The van der Waals surface area contributed by atoms with Gasteiger partial charge in [0.25, 0.3) is 0 Å². The van der Waals surface area contributed by atoms with Crippen molar-refractivity contribution in [2.45, 2.75) is 6.42 Å². The van der Waals surface area contributed by atoms with Crippen molar-refractivity contribution >= 4 is 17.4 Å². The first-order chi connectivity index (χ1) is 11.7. The highest BCUT2D eigenvalue weighted by Crippen LogP contribution is 2.37. The van der Waals surface area contributed by atoms with Crippen LogP contribution in [0.5, 0.6) is 0 Å². The molecular weight excluding hydrogens is 298 g/mol. The Hall–Kier alpha value is -3.20. The van der Waals surface area contributed by atoms with Crippen molar-refractivity contribution in [2.24, 2.45) is 0 Å². The second-order valence-electron chi connectivity index (χ2n) is 5.85. The SMILES string of the molecule is O=C(Cc1ccccc1)Nc1ccc2c(c1)-c1ccccc1C2=O. The van der Waals surface area contributed by atoms with Crippen LogP contribution in [0.3, 0.4) is 0 Å². The Morgan fingerprint density at radius 3 is 2.21 bits per heavy atom. The summed E-state index contributed by atoms with van der Waals surface area (Å²) in [6, 6.07) is 22.6. The van der Waals surface area contributed by atoms with Crippen LogP contribution in [0.25, 0.3) is 11.1 Å². The molecule has 0 fully saturated rings. The molecule has 3 heteroatoms. The number of ketones is 1. The van der Waals surface area contributed by atoms with Crippen LogP contribution in [-0.4, -0.2) is 11.7 Å². The van der Waals surface area contributed by atoms with Crippen LogP contribution in [0.2, 0.25) is 0 Å². The highest BCUT2D eigenvalue weighted by molar-refractivity contribution is 6.22. The summed E-state index contributed by atoms with van der Waals surface area (Å²) in [5.41, 5.74) is 4.90. The number of carbonyl (C=O) groups is 2. The van der Waals surface area contributed by atoms with E-state index in [2.05, 4.69) is 5.32 Å². The van der Waals surface area contributed by atoms with Gasteiger partial charge in [0.1, 0.15) is 0 Å². The van der Waals surface area contributed by atoms with Gasteiger partial charge in [-0.3, -0.25) is 9.59 Å². The molecule has 116 valence electrons. The number of rotatable bonds is 3. The van der Waals surface area contributed by atoms with E-state index in [1.54, 1.807) is 12.1 Å². The van der Waals surface area contributed by atoms with Gasteiger partial charge >= 0.3 is 0 Å². The van der Waals surface area contributed by atoms with Gasteiger partial charge in [-0.2, -0.15) is 0 Å². The number of carbonyl (C=O) groups excluding carboxylic acids is 2. The molecule has 1 aliphatic carbocycles. The fourth-order valence-electron chi connectivity index (χ4n) is 3.09. The molecule has 0 aliphatic heterocycles. The second-order valence-corrected chi connectivity index (χ2v) is 5.85. The maximum absolute atomic E-state index is 12.4. The van der Waals surface area contributed by atoms with Crippen LogP contribution < -0.4 is 5.32 Å². The Balaban J connectivity index is 1.59. The fourth-order valence-corrected chi connectivity index (χ4v) is 3.09. The normalized spacial score (nSPS) is 11.8. The molecule has 3 aromatic carbocycles. The molecule has 1 aliphatic rings. The molecule has 0 radical (unpaired) electrons. The summed E-state index contributed by atoms with van der Waals surface area (Å²) < 4.78 is 0. The van der Waals surface area contributed by atoms with E-state index in [1.807, 2.05) is 60.7 Å². The van der Waals surface area contributed by atoms with Gasteiger partial charge in [0.2, 0.25) is 5.91 Å². The first kappa shape index (κ1) is 14.4. The van der Waals surface area contributed by atoms with Crippen LogP contribution >= 0.6 is 0 Å². The van der Waals surface area contributed by atoms with Crippen molar-refractivity contribution in [1.82, 2.24) is 0 Å². The van der Waals surface area contributed by atoms with E-state index in [0.717, 1.165) is 22.3 Å². The number of hydrogen-bond donors (Lipinski definition) is 1. The van der Waals surface area contributed by atoms with Crippen molar-refractivity contribution < 1.29 is 9.59 Å². The number of fused-ring (bicyclic) bond motifs is 3. The second kappa shape index (κ2) is 5.78. The monoisotopic (exact) mass is 313 g/mol. The van der Waals surface area contributed by atoms with Gasteiger partial charge in [-0.25, -0.2) is 0 Å². The lowest BCUT2D eigenvalue weighted by molar-refractivity contribution is -0.115. The summed E-state index contributed by atoms with van der Waals surface area (Å²) in [5.74, 6) is -0.0264. The smallest absolute Gasteiger partial charge is 0.228 e. The van der Waals surface area contributed by atoms with Crippen LogP contribution in [0.15, 0.2) is 72.8 Å². The Morgan fingerprint density at radius 1 is 0.750 bits per heavy atom. The highest BCUT2D eigenvalue weighted by Gasteiger charge is 2.26. The molecule has 0 aromatic heterocycles. The summed E-state index contributed by atoms with van der Waals surface area (Å²) in [5, 5.41) is 2.92. The van der Waals surface area contributed by atoms with Crippen LogP contribution in [-0.2, 0) is 11.2 Å². The third-order valence-electron chi connectivity index (χ3n) is 4.22. The molecule has 0 unspecified atom stereocenters. The van der Waals surface area contributed by atoms with E-state index < -0.39 is 0 Å². The van der Waals surface area contributed by atoms with Gasteiger partial charge in [0, 0.05) is 16.8 Å². The topological polar surface area (TPSA) is 46.2 Å². The lowest BCUT2D eigenvalue weighted by atomic mass is 10.1. The van der Waals surface area contributed by atoms with E-state index in [0.29, 0.717) is 17.7 Å². The zero-order chi connectivity index (χ0) is 16.5. The maximum Gasteiger partial charge on any atom is 0.228 e. The molecular formula is C21H15NO2. The summed E-state index contributed by atoms with van der Waals surface area (Å²) in [6.45, 7) is 0. The van der Waals surface area contributed by atoms with E-state index in [9.17, 15) is 9.59 Å². The van der Waals surface area contributed by atoms with Crippen LogP contribution in [0, 0.1) is 0 Å². The third kappa shape index (κ3) is 2.50. The first-order valence-electron chi connectivity index (χ1n) is 7.84. The molecule has 0 bridgehead atoms. The van der Waals surface area contributed by atoms with E-state index in [4.69, 9.17) is 0 Å². The summed E-state index contributed by atoms with van der Waals surface area (Å²) in [4.78, 5) is 24.6. The molecule has 24 heavy (non-hydrogen) atoms. The van der Waals surface area contributed by atoms with Gasteiger partial charge in [-0.05, 0) is 34.9 Å². The Kier molecular flexibility index (Phi) is 3.47. The standard InChI is InChI=1S/C21H15NO2/c23-20(12-14-6-2-1-3-7-14)22-15-10-11-18-19(13-15)16-8-4-5-9-17(16)21(18)24/h1-11,13H,12H2,(H,22,23). The van der Waals surface area contributed by atoms with Crippen molar-refractivity contribution in [1.29, 1.82) is 0 Å². The van der Waals surface area contributed by atoms with Crippen molar-refractivity contribution in [2.75, 3.05) is 5.32 Å². The van der Waals surface area contributed by atoms with E-state index in [1.165, 1.54) is 0 Å². The van der Waals surface area contributed by atoms with Gasteiger partial charge in [0.05, 0.1) is 6.42 Å². The van der Waals surface area contributed by atoms with Crippen molar-refractivity contribution in [3.05, 3.63) is 89.5 Å². The van der Waals surface area contributed by atoms with Gasteiger partial charge in [0.15, 0.2) is 5.78 Å².